The Balaban J connectivity index is 2.73. The third-order valence-electron chi connectivity index (χ3n) is 3.97. The zero-order chi connectivity index (χ0) is 14.9. The smallest absolute Gasteiger partial charge is 0.328 e. The van der Waals surface area contributed by atoms with E-state index in [0.29, 0.717) is 30.6 Å². The highest BCUT2D eigenvalue weighted by molar-refractivity contribution is 5.96. The molecule has 5 nitrogen and oxygen atoms in total. The minimum absolute atomic E-state index is 0.0817. The summed E-state index contributed by atoms with van der Waals surface area (Å²) in [4.78, 5) is 25.2. The van der Waals surface area contributed by atoms with Crippen molar-refractivity contribution in [2.75, 3.05) is 11.4 Å². The van der Waals surface area contributed by atoms with E-state index in [4.69, 9.17) is 5.73 Å². The predicted octanol–water partition coefficient (Wildman–Crippen LogP) is 1.63. The molecule has 0 fully saturated rings. The quantitative estimate of drug-likeness (QED) is 0.860. The van der Waals surface area contributed by atoms with E-state index in [9.17, 15) is 14.7 Å². The first-order valence-corrected chi connectivity index (χ1v) is 6.84. The summed E-state index contributed by atoms with van der Waals surface area (Å²) in [6.07, 6.45) is 1.62. The number of hydrogen-bond acceptors (Lipinski definition) is 3. The van der Waals surface area contributed by atoms with Crippen molar-refractivity contribution >= 4 is 17.6 Å². The third-order valence-corrected chi connectivity index (χ3v) is 3.97. The van der Waals surface area contributed by atoms with Crippen molar-refractivity contribution in [2.45, 2.75) is 38.6 Å². The molecule has 0 saturated carbocycles. The summed E-state index contributed by atoms with van der Waals surface area (Å²) in [5.41, 5.74) is 6.91. The van der Waals surface area contributed by atoms with Gasteiger partial charge < -0.3 is 15.7 Å². The van der Waals surface area contributed by atoms with Gasteiger partial charge in [-0.25, -0.2) is 4.79 Å². The lowest BCUT2D eigenvalue weighted by Crippen LogP contribution is -2.45. The molecule has 1 heterocycles. The van der Waals surface area contributed by atoms with Crippen LogP contribution < -0.4 is 10.6 Å². The number of carbonyl (C=O) groups excluding carboxylic acids is 1. The van der Waals surface area contributed by atoms with Crippen LogP contribution in [0.5, 0.6) is 0 Å². The van der Waals surface area contributed by atoms with Crippen molar-refractivity contribution in [3.05, 3.63) is 29.3 Å². The summed E-state index contributed by atoms with van der Waals surface area (Å²) in [5, 5.41) is 9.53. The maximum absolute atomic E-state index is 11.9. The summed E-state index contributed by atoms with van der Waals surface area (Å²) >= 11 is 0. The highest BCUT2D eigenvalue weighted by Gasteiger charge is 2.41. The van der Waals surface area contributed by atoms with Crippen LogP contribution in [-0.4, -0.2) is 23.5 Å². The van der Waals surface area contributed by atoms with E-state index in [0.717, 1.165) is 12.0 Å². The number of carboxylic acids is 1. The van der Waals surface area contributed by atoms with Crippen molar-refractivity contribution in [3.8, 4) is 0 Å². The Labute approximate surface area is 118 Å². The topological polar surface area (TPSA) is 83.6 Å². The SMILES string of the molecule is CCc1cccc2c1N(C(C)=O)CCCC2(N)C(=O)O. The summed E-state index contributed by atoms with van der Waals surface area (Å²) in [6.45, 7) is 3.99. The molecule has 5 heteroatoms. The van der Waals surface area contributed by atoms with Gasteiger partial charge in [-0.05, 0) is 24.8 Å². The maximum Gasteiger partial charge on any atom is 0.328 e. The Bertz CT molecular complexity index is 556. The Morgan fingerprint density at radius 2 is 2.15 bits per heavy atom. The van der Waals surface area contributed by atoms with Gasteiger partial charge in [-0.15, -0.1) is 0 Å². The van der Waals surface area contributed by atoms with Crippen molar-refractivity contribution in [2.24, 2.45) is 5.73 Å². The van der Waals surface area contributed by atoms with Gasteiger partial charge in [0.2, 0.25) is 5.91 Å². The minimum Gasteiger partial charge on any atom is -0.480 e. The largest absolute Gasteiger partial charge is 0.480 e. The van der Waals surface area contributed by atoms with E-state index in [1.54, 1.807) is 11.0 Å². The zero-order valence-electron chi connectivity index (χ0n) is 11.8. The number of anilines is 1. The molecule has 108 valence electrons. The van der Waals surface area contributed by atoms with Gasteiger partial charge in [-0.3, -0.25) is 4.79 Å². The Morgan fingerprint density at radius 3 is 2.70 bits per heavy atom. The van der Waals surface area contributed by atoms with Crippen LogP contribution in [0.1, 0.15) is 37.8 Å². The van der Waals surface area contributed by atoms with E-state index < -0.39 is 11.5 Å². The number of para-hydroxylation sites is 1. The van der Waals surface area contributed by atoms with Crippen LogP contribution in [0, 0.1) is 0 Å². The maximum atomic E-state index is 11.9. The summed E-state index contributed by atoms with van der Waals surface area (Å²) < 4.78 is 0. The van der Waals surface area contributed by atoms with Crippen LogP contribution in [0.25, 0.3) is 0 Å². The molecule has 0 aromatic heterocycles. The van der Waals surface area contributed by atoms with E-state index in [2.05, 4.69) is 0 Å². The number of nitrogens with two attached hydrogens (primary N) is 1. The number of aryl methyl sites for hydroxylation is 1. The molecule has 20 heavy (non-hydrogen) atoms. The number of benzene rings is 1. The Hall–Kier alpha value is -1.88. The first-order chi connectivity index (χ1) is 9.41. The third kappa shape index (κ3) is 2.18. The molecule has 0 spiro atoms. The fraction of sp³-hybridized carbons (Fsp3) is 0.467. The van der Waals surface area contributed by atoms with Gasteiger partial charge in [-0.2, -0.15) is 0 Å². The molecule has 0 aliphatic carbocycles. The number of hydrogen-bond donors (Lipinski definition) is 2. The van der Waals surface area contributed by atoms with Crippen LogP contribution in [0.15, 0.2) is 18.2 Å². The monoisotopic (exact) mass is 276 g/mol. The van der Waals surface area contributed by atoms with Crippen LogP contribution in [-0.2, 0) is 21.5 Å². The normalized spacial score (nSPS) is 22.1. The minimum atomic E-state index is -1.43. The number of rotatable bonds is 2. The second-order valence-corrected chi connectivity index (χ2v) is 5.22. The summed E-state index contributed by atoms with van der Waals surface area (Å²) in [5.74, 6) is -1.13. The molecule has 0 radical (unpaired) electrons. The van der Waals surface area contributed by atoms with Gasteiger partial charge in [0.25, 0.3) is 0 Å². The molecule has 1 amide bonds. The Kier molecular flexibility index (Phi) is 3.81. The number of fused-ring (bicyclic) bond motifs is 1. The number of carboxylic acid groups (broad SMARTS) is 1. The van der Waals surface area contributed by atoms with Gasteiger partial charge in [0.15, 0.2) is 0 Å². The summed E-state index contributed by atoms with van der Waals surface area (Å²) in [7, 11) is 0. The van der Waals surface area contributed by atoms with E-state index in [1.165, 1.54) is 6.92 Å². The lowest BCUT2D eigenvalue weighted by atomic mass is 9.85. The number of aliphatic carboxylic acids is 1. The first kappa shape index (κ1) is 14.5. The van der Waals surface area contributed by atoms with Crippen molar-refractivity contribution in [1.29, 1.82) is 0 Å². The van der Waals surface area contributed by atoms with Gasteiger partial charge in [0.1, 0.15) is 5.54 Å². The molecular formula is C15H20N2O3. The van der Waals surface area contributed by atoms with Gasteiger partial charge in [0, 0.05) is 19.0 Å². The van der Waals surface area contributed by atoms with Crippen molar-refractivity contribution in [1.82, 2.24) is 0 Å². The molecule has 1 aromatic rings. The molecule has 1 unspecified atom stereocenters. The predicted molar refractivity (Wildman–Crippen MR) is 76.6 cm³/mol. The molecule has 2 rings (SSSR count). The second kappa shape index (κ2) is 5.25. The number of nitrogens with zero attached hydrogens (tertiary/aromatic N) is 1. The van der Waals surface area contributed by atoms with Gasteiger partial charge >= 0.3 is 5.97 Å². The average molecular weight is 276 g/mol. The van der Waals surface area contributed by atoms with Crippen LogP contribution in [0.4, 0.5) is 5.69 Å². The van der Waals surface area contributed by atoms with E-state index in [1.807, 2.05) is 19.1 Å². The van der Waals surface area contributed by atoms with Crippen LogP contribution >= 0.6 is 0 Å². The second-order valence-electron chi connectivity index (χ2n) is 5.22. The molecule has 0 saturated heterocycles. The highest BCUT2D eigenvalue weighted by Crippen LogP contribution is 2.38. The Morgan fingerprint density at radius 1 is 1.45 bits per heavy atom. The molecule has 1 aliphatic heterocycles. The molecule has 1 aliphatic rings. The molecule has 3 N–H and O–H groups in total. The van der Waals surface area contributed by atoms with Crippen LogP contribution in [0.3, 0.4) is 0 Å². The van der Waals surface area contributed by atoms with Crippen molar-refractivity contribution in [3.63, 3.8) is 0 Å². The van der Waals surface area contributed by atoms with Crippen molar-refractivity contribution < 1.29 is 14.7 Å². The molecular weight excluding hydrogens is 256 g/mol. The lowest BCUT2D eigenvalue weighted by Gasteiger charge is -2.28. The molecule has 1 aromatic carbocycles. The zero-order valence-corrected chi connectivity index (χ0v) is 11.8. The lowest BCUT2D eigenvalue weighted by molar-refractivity contribution is -0.144. The van der Waals surface area contributed by atoms with Gasteiger partial charge in [0.05, 0.1) is 5.69 Å². The fourth-order valence-electron chi connectivity index (χ4n) is 2.85. The van der Waals surface area contributed by atoms with E-state index in [-0.39, 0.29) is 5.91 Å². The van der Waals surface area contributed by atoms with Gasteiger partial charge in [-0.1, -0.05) is 25.1 Å². The highest BCUT2D eigenvalue weighted by atomic mass is 16.4. The standard InChI is InChI=1S/C15H20N2O3/c1-3-11-6-4-7-12-13(11)17(10(2)18)9-5-8-15(12,16)14(19)20/h4,6-7H,3,5,8-9,16H2,1-2H3,(H,19,20). The number of amides is 1. The molecule has 0 bridgehead atoms. The van der Waals surface area contributed by atoms with E-state index >= 15 is 0 Å². The average Bonchev–Trinajstić information content (AvgIpc) is 2.57. The fourth-order valence-corrected chi connectivity index (χ4v) is 2.85. The molecule has 1 atom stereocenters. The van der Waals surface area contributed by atoms with Crippen LogP contribution in [0.2, 0.25) is 0 Å². The first-order valence-electron chi connectivity index (χ1n) is 6.84. The summed E-state index contributed by atoms with van der Waals surface area (Å²) in [6, 6.07) is 5.46. The number of carbonyl (C=O) groups is 2.